The topological polar surface area (TPSA) is 60.2 Å². The number of hydrogen-bond acceptors (Lipinski definition) is 5. The monoisotopic (exact) mass is 295 g/mol. The van der Waals surface area contributed by atoms with E-state index in [0.29, 0.717) is 29.1 Å². The number of aryl methyl sites for hydroxylation is 1. The largest absolute Gasteiger partial charge is 0.482 e. The molecule has 1 aromatic carbocycles. The molecule has 1 heterocycles. The number of halogens is 1. The molecule has 1 aromatic heterocycles. The molecule has 0 unspecified atom stereocenters. The van der Waals surface area contributed by atoms with Crippen LogP contribution >= 0.6 is 11.6 Å². The van der Waals surface area contributed by atoms with Crippen molar-refractivity contribution < 1.29 is 9.15 Å². The highest BCUT2D eigenvalue weighted by Gasteiger charge is 2.10. The van der Waals surface area contributed by atoms with E-state index in [2.05, 4.69) is 22.4 Å². The van der Waals surface area contributed by atoms with Crippen LogP contribution in [0, 0.1) is 6.92 Å². The molecule has 0 radical (unpaired) electrons. The molecule has 2 rings (SSSR count). The molecular weight excluding hydrogens is 278 g/mol. The molecule has 0 aliphatic rings. The molecule has 6 heteroatoms. The second-order valence-electron chi connectivity index (χ2n) is 4.41. The van der Waals surface area contributed by atoms with Crippen LogP contribution in [0.2, 0.25) is 5.02 Å². The molecule has 0 saturated carbocycles. The van der Waals surface area contributed by atoms with Crippen molar-refractivity contribution in [3.05, 3.63) is 40.6 Å². The Morgan fingerprint density at radius 3 is 2.90 bits per heavy atom. The van der Waals surface area contributed by atoms with Crippen molar-refractivity contribution in [3.63, 3.8) is 0 Å². The summed E-state index contributed by atoms with van der Waals surface area (Å²) in [6.07, 6.45) is 1.08. The first-order chi connectivity index (χ1) is 9.70. The Hall–Kier alpha value is -1.59. The third kappa shape index (κ3) is 3.95. The molecule has 0 aliphatic heterocycles. The van der Waals surface area contributed by atoms with E-state index in [0.717, 1.165) is 18.5 Å². The molecule has 0 spiro atoms. The first-order valence-corrected chi connectivity index (χ1v) is 6.98. The number of para-hydroxylation sites is 1. The SMILES string of the molecule is CCCNCc1cccc(Cl)c1OCc1nnc(C)o1. The van der Waals surface area contributed by atoms with Gasteiger partial charge in [-0.05, 0) is 19.0 Å². The van der Waals surface area contributed by atoms with Gasteiger partial charge in [0.05, 0.1) is 5.02 Å². The quantitative estimate of drug-likeness (QED) is 0.795. The highest BCUT2D eigenvalue weighted by atomic mass is 35.5. The molecular formula is C14H18ClN3O2. The summed E-state index contributed by atoms with van der Waals surface area (Å²) in [4.78, 5) is 0. The lowest BCUT2D eigenvalue weighted by Gasteiger charge is -2.12. The Balaban J connectivity index is 2.04. The van der Waals surface area contributed by atoms with Gasteiger partial charge in [-0.25, -0.2) is 0 Å². The molecule has 2 aromatic rings. The Labute approximate surface area is 123 Å². The minimum Gasteiger partial charge on any atom is -0.482 e. The van der Waals surface area contributed by atoms with E-state index in [9.17, 15) is 0 Å². The molecule has 0 bridgehead atoms. The van der Waals surface area contributed by atoms with Gasteiger partial charge < -0.3 is 14.5 Å². The molecule has 108 valence electrons. The second-order valence-corrected chi connectivity index (χ2v) is 4.82. The third-order valence-electron chi connectivity index (χ3n) is 2.70. The number of aromatic nitrogens is 2. The average Bonchev–Trinajstić information content (AvgIpc) is 2.84. The molecule has 20 heavy (non-hydrogen) atoms. The van der Waals surface area contributed by atoms with Gasteiger partial charge >= 0.3 is 0 Å². The van der Waals surface area contributed by atoms with Gasteiger partial charge in [0.1, 0.15) is 5.75 Å². The van der Waals surface area contributed by atoms with Gasteiger partial charge in [0.2, 0.25) is 5.89 Å². The van der Waals surface area contributed by atoms with Crippen LogP contribution in [0.5, 0.6) is 5.75 Å². The highest BCUT2D eigenvalue weighted by Crippen LogP contribution is 2.29. The summed E-state index contributed by atoms with van der Waals surface area (Å²) in [6, 6.07) is 5.71. The minimum atomic E-state index is 0.214. The molecule has 0 fully saturated rings. The van der Waals surface area contributed by atoms with Crippen LogP contribution in [0.1, 0.15) is 30.7 Å². The van der Waals surface area contributed by atoms with E-state index in [-0.39, 0.29) is 6.61 Å². The third-order valence-corrected chi connectivity index (χ3v) is 3.00. The fourth-order valence-corrected chi connectivity index (χ4v) is 2.03. The normalized spacial score (nSPS) is 10.8. The van der Waals surface area contributed by atoms with E-state index >= 15 is 0 Å². The first-order valence-electron chi connectivity index (χ1n) is 6.60. The van der Waals surface area contributed by atoms with Crippen LogP contribution in [-0.2, 0) is 13.2 Å². The zero-order valence-corrected chi connectivity index (χ0v) is 12.4. The van der Waals surface area contributed by atoms with Gasteiger partial charge in [0, 0.05) is 19.0 Å². The van der Waals surface area contributed by atoms with E-state index < -0.39 is 0 Å². The summed E-state index contributed by atoms with van der Waals surface area (Å²) in [5.74, 6) is 1.62. The van der Waals surface area contributed by atoms with Gasteiger partial charge in [-0.2, -0.15) is 0 Å². The number of benzene rings is 1. The lowest BCUT2D eigenvalue weighted by Crippen LogP contribution is -2.14. The van der Waals surface area contributed by atoms with E-state index in [4.69, 9.17) is 20.8 Å². The molecule has 1 N–H and O–H groups in total. The van der Waals surface area contributed by atoms with Gasteiger partial charge in [-0.3, -0.25) is 0 Å². The summed E-state index contributed by atoms with van der Waals surface area (Å²) in [5.41, 5.74) is 1.02. The van der Waals surface area contributed by atoms with Crippen LogP contribution in [0.4, 0.5) is 0 Å². The van der Waals surface area contributed by atoms with Crippen LogP contribution in [-0.4, -0.2) is 16.7 Å². The van der Waals surface area contributed by atoms with Crippen LogP contribution in [0.3, 0.4) is 0 Å². The van der Waals surface area contributed by atoms with Crippen LogP contribution in [0.25, 0.3) is 0 Å². The predicted molar refractivity (Wildman–Crippen MR) is 76.8 cm³/mol. The lowest BCUT2D eigenvalue weighted by molar-refractivity contribution is 0.258. The zero-order chi connectivity index (χ0) is 14.4. The minimum absolute atomic E-state index is 0.214. The standard InChI is InChI=1S/C14H18ClN3O2/c1-3-7-16-8-11-5-4-6-12(15)14(11)19-9-13-18-17-10(2)20-13/h4-6,16H,3,7-9H2,1-2H3. The summed E-state index contributed by atoms with van der Waals surface area (Å²) in [5, 5.41) is 11.6. The maximum atomic E-state index is 6.19. The van der Waals surface area contributed by atoms with Crippen molar-refractivity contribution in [1.29, 1.82) is 0 Å². The number of nitrogens with zero attached hydrogens (tertiary/aromatic N) is 2. The number of rotatable bonds is 7. The van der Waals surface area contributed by atoms with Crippen LogP contribution in [0.15, 0.2) is 22.6 Å². The van der Waals surface area contributed by atoms with E-state index in [1.54, 1.807) is 13.0 Å². The highest BCUT2D eigenvalue weighted by molar-refractivity contribution is 6.32. The van der Waals surface area contributed by atoms with Crippen molar-refractivity contribution in [2.75, 3.05) is 6.54 Å². The number of nitrogens with one attached hydrogen (secondary N) is 1. The van der Waals surface area contributed by atoms with Gasteiger partial charge in [-0.1, -0.05) is 30.7 Å². The number of hydrogen-bond donors (Lipinski definition) is 1. The molecule has 0 aliphatic carbocycles. The zero-order valence-electron chi connectivity index (χ0n) is 11.6. The molecule has 0 atom stereocenters. The Bertz CT molecular complexity index is 557. The maximum absolute atomic E-state index is 6.19. The van der Waals surface area contributed by atoms with Crippen molar-refractivity contribution in [2.24, 2.45) is 0 Å². The summed E-state index contributed by atoms with van der Waals surface area (Å²) in [6.45, 7) is 5.75. The summed E-state index contributed by atoms with van der Waals surface area (Å²) >= 11 is 6.19. The van der Waals surface area contributed by atoms with Gasteiger partial charge in [0.25, 0.3) is 5.89 Å². The fraction of sp³-hybridized carbons (Fsp3) is 0.429. The second kappa shape index (κ2) is 7.26. The van der Waals surface area contributed by atoms with E-state index in [1.165, 1.54) is 0 Å². The van der Waals surface area contributed by atoms with Crippen molar-refractivity contribution in [1.82, 2.24) is 15.5 Å². The Morgan fingerprint density at radius 1 is 1.35 bits per heavy atom. The number of ether oxygens (including phenoxy) is 1. The first kappa shape index (κ1) is 14.8. The maximum Gasteiger partial charge on any atom is 0.253 e. The Kier molecular flexibility index (Phi) is 5.38. The molecule has 0 amide bonds. The summed E-state index contributed by atoms with van der Waals surface area (Å²) in [7, 11) is 0. The fourth-order valence-electron chi connectivity index (χ4n) is 1.78. The predicted octanol–water partition coefficient (Wildman–Crippen LogP) is 3.11. The van der Waals surface area contributed by atoms with Crippen molar-refractivity contribution in [3.8, 4) is 5.75 Å². The Morgan fingerprint density at radius 2 is 2.20 bits per heavy atom. The van der Waals surface area contributed by atoms with Crippen molar-refractivity contribution >= 4 is 11.6 Å². The summed E-state index contributed by atoms with van der Waals surface area (Å²) < 4.78 is 11.0. The van der Waals surface area contributed by atoms with Crippen molar-refractivity contribution in [2.45, 2.75) is 33.4 Å². The van der Waals surface area contributed by atoms with Crippen LogP contribution < -0.4 is 10.1 Å². The lowest BCUT2D eigenvalue weighted by atomic mass is 10.2. The average molecular weight is 296 g/mol. The van der Waals surface area contributed by atoms with Gasteiger partial charge in [0.15, 0.2) is 6.61 Å². The molecule has 5 nitrogen and oxygen atoms in total. The molecule has 0 saturated heterocycles. The van der Waals surface area contributed by atoms with Gasteiger partial charge in [-0.15, -0.1) is 10.2 Å². The van der Waals surface area contributed by atoms with E-state index in [1.807, 2.05) is 12.1 Å². The smallest absolute Gasteiger partial charge is 0.253 e.